The summed E-state index contributed by atoms with van der Waals surface area (Å²) in [4.78, 5) is 8.47. The zero-order chi connectivity index (χ0) is 17.5. The molecular formula is C22H26N2O. The molecule has 25 heavy (non-hydrogen) atoms. The molecule has 3 rings (SSSR count). The van der Waals surface area contributed by atoms with Crippen LogP contribution in [0.1, 0.15) is 68.8 Å². The van der Waals surface area contributed by atoms with E-state index in [1.807, 2.05) is 0 Å². The van der Waals surface area contributed by atoms with Crippen molar-refractivity contribution in [2.75, 3.05) is 6.61 Å². The molecule has 0 amide bonds. The Bertz CT molecular complexity index is 717. The number of ether oxygens (including phenoxy) is 1. The van der Waals surface area contributed by atoms with E-state index in [0.717, 1.165) is 23.8 Å². The fraction of sp³-hybridized carbons (Fsp3) is 0.455. The van der Waals surface area contributed by atoms with Gasteiger partial charge in [-0.05, 0) is 54.7 Å². The zero-order valence-corrected chi connectivity index (χ0v) is 15.2. The standard InChI is InChI=1S/C22H26N2O/c1-3-14-25-21-15-23-22(24-16-21)13-8-18-6-11-20(12-7-18)19-9-4-17(2)5-10-19/h6-7,11-12,15-17,19H,3-5,9-10,14H2,1-2H3/t17-,19-. The van der Waals surface area contributed by atoms with E-state index in [1.165, 1.54) is 31.2 Å². The summed E-state index contributed by atoms with van der Waals surface area (Å²) >= 11 is 0. The normalized spacial score (nSPS) is 19.8. The average molecular weight is 334 g/mol. The monoisotopic (exact) mass is 334 g/mol. The van der Waals surface area contributed by atoms with Crippen LogP contribution in [0.15, 0.2) is 36.7 Å². The summed E-state index contributed by atoms with van der Waals surface area (Å²) in [5, 5.41) is 0. The molecular weight excluding hydrogens is 308 g/mol. The van der Waals surface area contributed by atoms with Gasteiger partial charge in [0.25, 0.3) is 0 Å². The first kappa shape index (κ1) is 17.5. The maximum absolute atomic E-state index is 5.48. The van der Waals surface area contributed by atoms with Crippen LogP contribution in [0.5, 0.6) is 5.75 Å². The van der Waals surface area contributed by atoms with Crippen LogP contribution < -0.4 is 4.74 Å². The van der Waals surface area contributed by atoms with Gasteiger partial charge in [0.1, 0.15) is 0 Å². The number of hydrogen-bond donors (Lipinski definition) is 0. The lowest BCUT2D eigenvalue weighted by molar-refractivity contribution is 0.314. The Kier molecular flexibility index (Phi) is 6.06. The Morgan fingerprint density at radius 1 is 1.00 bits per heavy atom. The van der Waals surface area contributed by atoms with Crippen molar-refractivity contribution in [1.29, 1.82) is 0 Å². The van der Waals surface area contributed by atoms with Gasteiger partial charge in [0.05, 0.1) is 19.0 Å². The summed E-state index contributed by atoms with van der Waals surface area (Å²) in [5.74, 6) is 8.99. The van der Waals surface area contributed by atoms with Gasteiger partial charge in [-0.3, -0.25) is 0 Å². The van der Waals surface area contributed by atoms with E-state index in [1.54, 1.807) is 12.4 Å². The van der Waals surface area contributed by atoms with Crippen LogP contribution in [-0.4, -0.2) is 16.6 Å². The molecule has 1 aliphatic carbocycles. The third kappa shape index (κ3) is 5.06. The maximum atomic E-state index is 5.48. The highest BCUT2D eigenvalue weighted by Gasteiger charge is 2.19. The van der Waals surface area contributed by atoms with Crippen LogP contribution in [0.4, 0.5) is 0 Å². The topological polar surface area (TPSA) is 35.0 Å². The van der Waals surface area contributed by atoms with Crippen molar-refractivity contribution in [2.45, 2.75) is 51.9 Å². The van der Waals surface area contributed by atoms with Crippen LogP contribution in [-0.2, 0) is 0 Å². The second kappa shape index (κ2) is 8.67. The predicted molar refractivity (Wildman–Crippen MR) is 101 cm³/mol. The largest absolute Gasteiger partial charge is 0.490 e. The van der Waals surface area contributed by atoms with Gasteiger partial charge < -0.3 is 4.74 Å². The fourth-order valence-corrected chi connectivity index (χ4v) is 3.24. The Labute approximate surface area is 150 Å². The molecule has 0 atom stereocenters. The van der Waals surface area contributed by atoms with Crippen molar-refractivity contribution < 1.29 is 4.74 Å². The lowest BCUT2D eigenvalue weighted by atomic mass is 9.79. The van der Waals surface area contributed by atoms with Crippen LogP contribution in [0.25, 0.3) is 0 Å². The zero-order valence-electron chi connectivity index (χ0n) is 15.2. The van der Waals surface area contributed by atoms with Gasteiger partial charge >= 0.3 is 0 Å². The summed E-state index contributed by atoms with van der Waals surface area (Å²) in [7, 11) is 0. The molecule has 130 valence electrons. The molecule has 0 unspecified atom stereocenters. The molecule has 1 fully saturated rings. The highest BCUT2D eigenvalue weighted by molar-refractivity contribution is 5.40. The van der Waals surface area contributed by atoms with E-state index >= 15 is 0 Å². The molecule has 0 bridgehead atoms. The predicted octanol–water partition coefficient (Wildman–Crippen LogP) is 4.96. The van der Waals surface area contributed by atoms with E-state index in [4.69, 9.17) is 4.74 Å². The summed E-state index contributed by atoms with van der Waals surface area (Å²) in [6.07, 6.45) is 9.65. The minimum Gasteiger partial charge on any atom is -0.490 e. The quantitative estimate of drug-likeness (QED) is 0.741. The van der Waals surface area contributed by atoms with Crippen molar-refractivity contribution in [2.24, 2.45) is 5.92 Å². The van der Waals surface area contributed by atoms with Crippen molar-refractivity contribution in [3.05, 3.63) is 53.6 Å². The number of aromatic nitrogens is 2. The van der Waals surface area contributed by atoms with Gasteiger partial charge in [0, 0.05) is 5.56 Å². The Hall–Kier alpha value is -2.34. The van der Waals surface area contributed by atoms with Crippen molar-refractivity contribution in [1.82, 2.24) is 9.97 Å². The second-order valence-corrected chi connectivity index (χ2v) is 6.92. The Morgan fingerprint density at radius 3 is 2.32 bits per heavy atom. The molecule has 2 aromatic rings. The van der Waals surface area contributed by atoms with Crippen LogP contribution in [0.3, 0.4) is 0 Å². The second-order valence-electron chi connectivity index (χ2n) is 6.92. The van der Waals surface area contributed by atoms with Gasteiger partial charge in [-0.2, -0.15) is 0 Å². The number of rotatable bonds is 4. The van der Waals surface area contributed by atoms with Gasteiger partial charge in [-0.25, -0.2) is 9.97 Å². The molecule has 1 heterocycles. The third-order valence-electron chi connectivity index (χ3n) is 4.82. The van der Waals surface area contributed by atoms with Crippen molar-refractivity contribution >= 4 is 0 Å². The molecule has 0 N–H and O–H groups in total. The SMILES string of the molecule is CCCOc1cnc(C#Cc2ccc([C@H]3CC[C@H](C)CC3)cc2)nc1. The molecule has 1 saturated carbocycles. The Balaban J connectivity index is 1.61. The average Bonchev–Trinajstić information content (AvgIpc) is 2.67. The van der Waals surface area contributed by atoms with Gasteiger partial charge in [0.15, 0.2) is 5.75 Å². The van der Waals surface area contributed by atoms with Crippen LogP contribution >= 0.6 is 0 Å². The highest BCUT2D eigenvalue weighted by atomic mass is 16.5. The maximum Gasteiger partial charge on any atom is 0.205 e. The molecule has 0 radical (unpaired) electrons. The van der Waals surface area contributed by atoms with Gasteiger partial charge in [0.2, 0.25) is 5.82 Å². The number of nitrogens with zero attached hydrogens (tertiary/aromatic N) is 2. The van der Waals surface area contributed by atoms with E-state index in [0.29, 0.717) is 18.2 Å². The minimum atomic E-state index is 0.522. The molecule has 1 aliphatic rings. The third-order valence-corrected chi connectivity index (χ3v) is 4.82. The summed E-state index contributed by atoms with van der Waals surface area (Å²) < 4.78 is 5.48. The first-order chi connectivity index (χ1) is 12.2. The first-order valence-corrected chi connectivity index (χ1v) is 9.31. The van der Waals surface area contributed by atoms with E-state index < -0.39 is 0 Å². The molecule has 0 saturated heterocycles. The molecule has 3 heteroatoms. The number of benzene rings is 1. The first-order valence-electron chi connectivity index (χ1n) is 9.31. The molecule has 0 aliphatic heterocycles. The van der Waals surface area contributed by atoms with Crippen molar-refractivity contribution in [3.63, 3.8) is 0 Å². The molecule has 1 aromatic carbocycles. The lowest BCUT2D eigenvalue weighted by Crippen LogP contribution is -2.10. The van der Waals surface area contributed by atoms with E-state index in [2.05, 4.69) is 59.9 Å². The number of hydrogen-bond acceptors (Lipinski definition) is 3. The molecule has 3 nitrogen and oxygen atoms in total. The highest BCUT2D eigenvalue weighted by Crippen LogP contribution is 2.35. The molecule has 1 aromatic heterocycles. The minimum absolute atomic E-state index is 0.522. The van der Waals surface area contributed by atoms with Gasteiger partial charge in [-0.1, -0.05) is 44.7 Å². The summed E-state index contributed by atoms with van der Waals surface area (Å²) in [6, 6.07) is 8.68. The van der Waals surface area contributed by atoms with E-state index in [-0.39, 0.29) is 0 Å². The summed E-state index contributed by atoms with van der Waals surface area (Å²) in [6.45, 7) is 5.11. The van der Waals surface area contributed by atoms with E-state index in [9.17, 15) is 0 Å². The lowest BCUT2D eigenvalue weighted by Gasteiger charge is -2.26. The summed E-state index contributed by atoms with van der Waals surface area (Å²) in [5.41, 5.74) is 2.45. The van der Waals surface area contributed by atoms with Crippen LogP contribution in [0, 0.1) is 17.8 Å². The smallest absolute Gasteiger partial charge is 0.205 e. The molecule has 0 spiro atoms. The fourth-order valence-electron chi connectivity index (χ4n) is 3.24. The Morgan fingerprint density at radius 2 is 1.68 bits per heavy atom. The van der Waals surface area contributed by atoms with Crippen LogP contribution in [0.2, 0.25) is 0 Å². The van der Waals surface area contributed by atoms with Gasteiger partial charge in [-0.15, -0.1) is 0 Å². The van der Waals surface area contributed by atoms with Crippen molar-refractivity contribution in [3.8, 4) is 17.6 Å².